The summed E-state index contributed by atoms with van der Waals surface area (Å²) in [6, 6.07) is 6.24. The number of hydrogen-bond acceptors (Lipinski definition) is 7. The molecule has 1 aliphatic rings. The Labute approximate surface area is 162 Å². The first-order valence-electron chi connectivity index (χ1n) is 8.80. The van der Waals surface area contributed by atoms with Crippen LogP contribution in [0.1, 0.15) is 19.4 Å². The summed E-state index contributed by atoms with van der Waals surface area (Å²) in [5.41, 5.74) is 0.944. The smallest absolute Gasteiger partial charge is 0.344 e. The molecule has 1 fully saturated rings. The molecule has 0 unspecified atom stereocenters. The molecule has 1 heterocycles. The van der Waals surface area contributed by atoms with Crippen molar-refractivity contribution in [3.05, 3.63) is 41.6 Å². The van der Waals surface area contributed by atoms with Gasteiger partial charge < -0.3 is 14.2 Å². The molecule has 3 amide bonds. The number of ether oxygens (including phenoxy) is 3. The van der Waals surface area contributed by atoms with Gasteiger partial charge in [0.25, 0.3) is 5.91 Å². The van der Waals surface area contributed by atoms with Crippen molar-refractivity contribution in [3.63, 3.8) is 0 Å². The van der Waals surface area contributed by atoms with Gasteiger partial charge in [0.2, 0.25) is 0 Å². The summed E-state index contributed by atoms with van der Waals surface area (Å²) in [5.74, 6) is -1.11. The van der Waals surface area contributed by atoms with E-state index in [1.54, 1.807) is 44.2 Å². The zero-order valence-electron chi connectivity index (χ0n) is 15.7. The molecule has 0 saturated carbocycles. The van der Waals surface area contributed by atoms with Crippen molar-refractivity contribution in [1.82, 2.24) is 10.2 Å². The summed E-state index contributed by atoms with van der Waals surface area (Å²) in [5, 5.41) is 2.16. The van der Waals surface area contributed by atoms with Crippen molar-refractivity contribution in [1.29, 1.82) is 0 Å². The third-order valence-electron chi connectivity index (χ3n) is 3.70. The fraction of sp³-hybridized carbons (Fsp3) is 0.368. The van der Waals surface area contributed by atoms with Gasteiger partial charge in [-0.1, -0.05) is 18.2 Å². The molecule has 0 atom stereocenters. The number of imide groups is 1. The Morgan fingerprint density at radius 2 is 1.68 bits per heavy atom. The van der Waals surface area contributed by atoms with Gasteiger partial charge in [-0.2, -0.15) is 0 Å². The summed E-state index contributed by atoms with van der Waals surface area (Å²) in [6.07, 6.45) is 1.92. The van der Waals surface area contributed by atoms with Crippen LogP contribution >= 0.6 is 0 Å². The Bertz CT molecular complexity index is 771. The van der Waals surface area contributed by atoms with Crippen LogP contribution in [0.25, 0.3) is 0 Å². The summed E-state index contributed by atoms with van der Waals surface area (Å²) < 4.78 is 14.9. The van der Waals surface area contributed by atoms with Crippen LogP contribution in [-0.2, 0) is 30.3 Å². The predicted octanol–water partition coefficient (Wildman–Crippen LogP) is 1.17. The topological polar surface area (TPSA) is 111 Å². The minimum Gasteiger partial charge on any atom is -0.482 e. The number of urea groups is 1. The van der Waals surface area contributed by atoms with E-state index in [1.165, 1.54) is 0 Å². The van der Waals surface area contributed by atoms with Gasteiger partial charge in [0.05, 0.1) is 13.2 Å². The molecule has 1 N–H and O–H groups in total. The molecule has 9 heteroatoms. The summed E-state index contributed by atoms with van der Waals surface area (Å²) in [7, 11) is 0. The monoisotopic (exact) mass is 390 g/mol. The molecule has 1 aromatic carbocycles. The van der Waals surface area contributed by atoms with Crippen molar-refractivity contribution < 1.29 is 33.4 Å². The second-order valence-corrected chi connectivity index (χ2v) is 5.68. The van der Waals surface area contributed by atoms with Gasteiger partial charge in [0, 0.05) is 0 Å². The average molecular weight is 390 g/mol. The Hall–Kier alpha value is -3.36. The van der Waals surface area contributed by atoms with E-state index in [0.29, 0.717) is 18.8 Å². The first-order valence-corrected chi connectivity index (χ1v) is 8.80. The van der Waals surface area contributed by atoms with Crippen LogP contribution in [0.15, 0.2) is 36.0 Å². The van der Waals surface area contributed by atoms with Crippen LogP contribution in [0, 0.1) is 0 Å². The largest absolute Gasteiger partial charge is 0.482 e. The third kappa shape index (κ3) is 5.83. The molecule has 150 valence electrons. The molecule has 0 aliphatic carbocycles. The Balaban J connectivity index is 1.98. The van der Waals surface area contributed by atoms with Crippen LogP contribution in [-0.4, -0.2) is 55.1 Å². The van der Waals surface area contributed by atoms with E-state index < -0.39 is 23.9 Å². The molecule has 1 saturated heterocycles. The van der Waals surface area contributed by atoms with E-state index >= 15 is 0 Å². The lowest BCUT2D eigenvalue weighted by Crippen LogP contribution is -2.33. The number of carbonyl (C=O) groups is 4. The maximum Gasteiger partial charge on any atom is 0.344 e. The molecule has 0 aromatic heterocycles. The fourth-order valence-electron chi connectivity index (χ4n) is 2.44. The first-order chi connectivity index (χ1) is 13.4. The van der Waals surface area contributed by atoms with E-state index in [9.17, 15) is 19.2 Å². The number of benzene rings is 1. The number of carbonyl (C=O) groups excluding carboxylic acids is 4. The van der Waals surface area contributed by atoms with Gasteiger partial charge in [-0.3, -0.25) is 19.8 Å². The van der Waals surface area contributed by atoms with Crippen LogP contribution in [0.4, 0.5) is 4.79 Å². The van der Waals surface area contributed by atoms with Gasteiger partial charge >= 0.3 is 18.0 Å². The van der Waals surface area contributed by atoms with Gasteiger partial charge in [-0.05, 0) is 38.0 Å². The molecule has 28 heavy (non-hydrogen) atoms. The molecule has 0 spiro atoms. The van der Waals surface area contributed by atoms with Crippen LogP contribution in [0.5, 0.6) is 5.75 Å². The lowest BCUT2D eigenvalue weighted by atomic mass is 10.1. The van der Waals surface area contributed by atoms with E-state index in [2.05, 4.69) is 5.32 Å². The lowest BCUT2D eigenvalue weighted by molar-refractivity contribution is -0.145. The van der Waals surface area contributed by atoms with E-state index in [-0.39, 0.29) is 25.5 Å². The fourth-order valence-corrected chi connectivity index (χ4v) is 2.44. The van der Waals surface area contributed by atoms with Crippen molar-refractivity contribution in [3.8, 4) is 5.75 Å². The van der Waals surface area contributed by atoms with E-state index in [4.69, 9.17) is 14.2 Å². The van der Waals surface area contributed by atoms with Gasteiger partial charge in [0.15, 0.2) is 6.61 Å². The molecular weight excluding hydrogens is 368 g/mol. The quantitative estimate of drug-likeness (QED) is 0.383. The van der Waals surface area contributed by atoms with Crippen molar-refractivity contribution in [2.45, 2.75) is 20.3 Å². The van der Waals surface area contributed by atoms with Crippen molar-refractivity contribution >= 4 is 23.9 Å². The maximum absolute atomic E-state index is 12.0. The Kier molecular flexibility index (Phi) is 7.55. The number of rotatable bonds is 9. The van der Waals surface area contributed by atoms with E-state index in [1.807, 2.05) is 0 Å². The number of allylic oxidation sites excluding steroid dienone is 1. The van der Waals surface area contributed by atoms with Gasteiger partial charge in [-0.25, -0.2) is 9.59 Å². The standard InChI is InChI=1S/C19H22N2O7/c1-3-26-16(22)11-21-15(18(24)20-19(21)25)10-7-13-5-8-14(9-6-13)28-12-17(23)27-4-2/h5-6,8-10H,3-4,7,11-12H2,1-2H3,(H,20,24,25). The predicted molar refractivity (Wildman–Crippen MR) is 97.2 cm³/mol. The first kappa shape index (κ1) is 20.9. The van der Waals surface area contributed by atoms with Crippen molar-refractivity contribution in [2.24, 2.45) is 0 Å². The van der Waals surface area contributed by atoms with E-state index in [0.717, 1.165) is 10.5 Å². The summed E-state index contributed by atoms with van der Waals surface area (Å²) >= 11 is 0. The molecule has 0 bridgehead atoms. The molecular formula is C19H22N2O7. The molecule has 1 aliphatic heterocycles. The zero-order chi connectivity index (χ0) is 20.5. The third-order valence-corrected chi connectivity index (χ3v) is 3.70. The number of hydrogen-bond donors (Lipinski definition) is 1. The normalized spacial score (nSPS) is 14.8. The highest BCUT2D eigenvalue weighted by Crippen LogP contribution is 2.17. The highest BCUT2D eigenvalue weighted by Gasteiger charge is 2.34. The highest BCUT2D eigenvalue weighted by atomic mass is 16.6. The molecule has 2 rings (SSSR count). The SMILES string of the molecule is CCOC(=O)COc1ccc(CC=C2C(=O)NC(=O)N2CC(=O)OCC)cc1. The summed E-state index contributed by atoms with van der Waals surface area (Å²) in [4.78, 5) is 47.8. The highest BCUT2D eigenvalue weighted by molar-refractivity contribution is 6.12. The second-order valence-electron chi connectivity index (χ2n) is 5.68. The number of amides is 3. The molecule has 9 nitrogen and oxygen atoms in total. The minimum absolute atomic E-state index is 0.0979. The Morgan fingerprint density at radius 3 is 2.32 bits per heavy atom. The minimum atomic E-state index is -0.660. The number of esters is 2. The molecule has 1 aromatic rings. The lowest BCUT2D eigenvalue weighted by Gasteiger charge is -2.14. The number of nitrogens with one attached hydrogen (secondary N) is 1. The van der Waals surface area contributed by atoms with Crippen LogP contribution in [0.2, 0.25) is 0 Å². The second kappa shape index (κ2) is 10.1. The maximum atomic E-state index is 12.0. The van der Waals surface area contributed by atoms with Gasteiger partial charge in [-0.15, -0.1) is 0 Å². The molecule has 0 radical (unpaired) electrons. The van der Waals surface area contributed by atoms with Gasteiger partial charge in [0.1, 0.15) is 18.0 Å². The van der Waals surface area contributed by atoms with Crippen LogP contribution < -0.4 is 10.1 Å². The summed E-state index contributed by atoms with van der Waals surface area (Å²) in [6.45, 7) is 3.34. The van der Waals surface area contributed by atoms with Crippen LogP contribution in [0.3, 0.4) is 0 Å². The Morgan fingerprint density at radius 1 is 1.04 bits per heavy atom. The van der Waals surface area contributed by atoms with Crippen molar-refractivity contribution in [2.75, 3.05) is 26.4 Å². The zero-order valence-corrected chi connectivity index (χ0v) is 15.7. The number of nitrogens with zero attached hydrogens (tertiary/aromatic N) is 1. The average Bonchev–Trinajstić information content (AvgIpc) is 2.92.